The molecule has 0 amide bonds. The number of aryl methyl sites for hydroxylation is 5. The molecule has 8 bridgehead atoms. The Kier molecular flexibility index (Phi) is 11.0. The van der Waals surface area contributed by atoms with Gasteiger partial charge in [0.25, 0.3) is 0 Å². The Morgan fingerprint density at radius 1 is 0.581 bits per heavy atom. The third-order valence-corrected chi connectivity index (χ3v) is 11.8. The van der Waals surface area contributed by atoms with Crippen molar-refractivity contribution in [1.29, 1.82) is 0 Å². The fourth-order valence-corrected chi connectivity index (χ4v) is 7.94. The highest BCUT2D eigenvalue weighted by Gasteiger charge is 2.37. The highest BCUT2D eigenvalue weighted by Crippen LogP contribution is 2.41. The smallest absolute Gasteiger partial charge is 0.485 e. The summed E-state index contributed by atoms with van der Waals surface area (Å²) in [6, 6.07) is 46.8. The van der Waals surface area contributed by atoms with Crippen molar-refractivity contribution in [3.63, 3.8) is 0 Å². The fourth-order valence-electron chi connectivity index (χ4n) is 7.94. The maximum absolute atomic E-state index is 10.7. The van der Waals surface area contributed by atoms with Crippen LogP contribution in [0.15, 0.2) is 127 Å². The first kappa shape index (κ1) is 41.9. The molecular weight excluding hydrogens is 806 g/mol. The highest BCUT2D eigenvalue weighted by molar-refractivity contribution is 7.86. The summed E-state index contributed by atoms with van der Waals surface area (Å²) >= 11 is 0. The Balaban J connectivity index is 0.000000604. The van der Waals surface area contributed by atoms with Crippen LogP contribution in [-0.4, -0.2) is 50.9 Å². The van der Waals surface area contributed by atoms with E-state index >= 15 is 0 Å². The first-order valence-corrected chi connectivity index (χ1v) is 21.3. The van der Waals surface area contributed by atoms with E-state index in [2.05, 4.69) is 202 Å². The minimum absolute atomic E-state index is 0.931. The van der Waals surface area contributed by atoms with E-state index in [4.69, 9.17) is 18.0 Å². The van der Waals surface area contributed by atoms with Crippen LogP contribution in [-0.2, 0) is 17.2 Å². The molecule has 7 aromatic rings. The maximum Gasteiger partial charge on any atom is 0.485 e. The van der Waals surface area contributed by atoms with Gasteiger partial charge in [-0.05, 0) is 86.4 Å². The van der Waals surface area contributed by atoms with Gasteiger partial charge in [0.1, 0.15) is 7.05 Å². The predicted octanol–water partition coefficient (Wildman–Crippen LogP) is 12.4. The molecule has 312 valence electrons. The summed E-state index contributed by atoms with van der Waals surface area (Å²) in [5, 5.41) is 0. The average Bonchev–Trinajstić information content (AvgIpc) is 4.04. The van der Waals surface area contributed by atoms with Gasteiger partial charge in [-0.1, -0.05) is 119 Å². The second kappa shape index (κ2) is 16.2. The molecule has 0 saturated carbocycles. The van der Waals surface area contributed by atoms with Crippen molar-refractivity contribution in [2.75, 3.05) is 7.05 Å². The van der Waals surface area contributed by atoms with Crippen LogP contribution in [0.2, 0.25) is 0 Å². The quantitative estimate of drug-likeness (QED) is 0.108. The van der Waals surface area contributed by atoms with E-state index in [1.165, 1.54) is 33.4 Å². The number of alkyl halides is 3. The van der Waals surface area contributed by atoms with Gasteiger partial charge in [0.2, 0.25) is 5.69 Å². The summed E-state index contributed by atoms with van der Waals surface area (Å²) in [5.74, 6) is 0. The van der Waals surface area contributed by atoms with E-state index in [1.807, 2.05) is 0 Å². The van der Waals surface area contributed by atoms with E-state index in [9.17, 15) is 13.2 Å². The molecule has 0 fully saturated rings. The fraction of sp³-hybridized carbons (Fsp3) is 0.137. The van der Waals surface area contributed by atoms with Crippen LogP contribution in [0.1, 0.15) is 39.2 Å². The zero-order valence-electron chi connectivity index (χ0n) is 35.0. The lowest BCUT2D eigenvalue weighted by atomic mass is 9.98. The van der Waals surface area contributed by atoms with E-state index in [-0.39, 0.29) is 0 Å². The van der Waals surface area contributed by atoms with Gasteiger partial charge in [0, 0.05) is 40.8 Å². The number of halogens is 3. The number of benzene rings is 4. The van der Waals surface area contributed by atoms with Crippen molar-refractivity contribution in [2.45, 2.75) is 33.2 Å². The number of H-pyrrole nitrogens is 1. The number of fused-ring (bicyclic) bond motifs is 8. The number of hydrogen-bond donors (Lipinski definition) is 1. The molecule has 0 radical (unpaired) electrons. The molecule has 9 rings (SSSR count). The molecule has 11 heteroatoms. The molecule has 0 spiro atoms. The second-order valence-electron chi connectivity index (χ2n) is 15.8. The lowest BCUT2D eigenvalue weighted by Gasteiger charge is -2.10. The molecule has 0 atom stereocenters. The molecule has 7 nitrogen and oxygen atoms in total. The number of hydrogen-bond acceptors (Lipinski definition) is 4. The summed E-state index contributed by atoms with van der Waals surface area (Å²) in [6.45, 7) is 8.56. The Labute approximate surface area is 358 Å². The molecule has 62 heavy (non-hydrogen) atoms. The predicted molar refractivity (Wildman–Crippen MR) is 244 cm³/mol. The highest BCUT2D eigenvalue weighted by atomic mass is 32.2. The van der Waals surface area contributed by atoms with Gasteiger partial charge in [0.05, 0.1) is 33.5 Å². The summed E-state index contributed by atoms with van der Waals surface area (Å²) in [6.07, 6.45) is 6.63. The van der Waals surface area contributed by atoms with Crippen LogP contribution in [0, 0.1) is 27.7 Å². The maximum atomic E-state index is 10.7. The minimum atomic E-state index is -6.09. The summed E-state index contributed by atoms with van der Waals surface area (Å²) in [5.41, 5.74) is 16.8. The molecule has 1 N–H and O–H groups in total. The van der Waals surface area contributed by atoms with Crippen LogP contribution >= 0.6 is 0 Å². The molecular formula is C51H43F3N4O3S. The van der Waals surface area contributed by atoms with E-state index in [1.54, 1.807) is 0 Å². The standard InChI is InChI=1S/C50H42N4.CHF3O3S/c1-31-7-15-35(16-8-31)47-39-29-46(53(5)30-39)50(38-21-13-34(4)14-22-38)45-28-27-44(54(45)6)49(37-19-11-33(3)12-20-37)43-26-25-42(52-43)48(41-24-23-40(47)51-41)36-17-9-32(2)10-18-36;2-1(3,4)8(5,6)7/h7-30H,1-6H3;(H,5,6,7). The van der Waals surface area contributed by atoms with Crippen molar-refractivity contribution in [1.82, 2.24) is 14.5 Å². The number of nitrogens with one attached hydrogen (secondary N) is 1. The van der Waals surface area contributed by atoms with Crippen LogP contribution in [0.5, 0.6) is 0 Å². The van der Waals surface area contributed by atoms with Crippen LogP contribution < -0.4 is 0 Å². The first-order chi connectivity index (χ1) is 29.5. The molecule has 4 aromatic carbocycles. The number of aromatic nitrogens is 3. The Morgan fingerprint density at radius 3 is 1.40 bits per heavy atom. The molecule has 0 unspecified atom stereocenters. The summed E-state index contributed by atoms with van der Waals surface area (Å²) < 4.78 is 63.5. The van der Waals surface area contributed by atoms with Crippen LogP contribution in [0.4, 0.5) is 18.9 Å². The molecule has 2 aliphatic rings. The molecule has 0 aliphatic carbocycles. The normalized spacial score (nSPS) is 12.5. The lowest BCUT2D eigenvalue weighted by molar-refractivity contribution is -0.395. The van der Waals surface area contributed by atoms with Gasteiger partial charge in [-0.15, -0.1) is 0 Å². The number of nitrogens with zero attached hydrogens (tertiary/aromatic N) is 3. The van der Waals surface area contributed by atoms with Crippen molar-refractivity contribution in [3.05, 3.63) is 167 Å². The monoisotopic (exact) mass is 848 g/mol. The molecule has 0 saturated heterocycles. The Hall–Kier alpha value is -6.82. The van der Waals surface area contributed by atoms with Crippen molar-refractivity contribution >= 4 is 56.2 Å². The SMILES string of the molecule is Cc1ccc(-c2c3cc(c(-c4ccc(C)cc4)c4ccc(c(-c5ccc(C)cc5)c5ccc([nH]5)c(-c5ccc(C)cc5)c5nc2C=C5)n4C)[N+](C)=C3)cc1.O=S(=O)([O-])C(F)(F)F. The van der Waals surface area contributed by atoms with E-state index < -0.39 is 15.6 Å². The zero-order valence-corrected chi connectivity index (χ0v) is 35.8. The van der Waals surface area contributed by atoms with Crippen molar-refractivity contribution < 1.29 is 30.7 Å². The Morgan fingerprint density at radius 2 is 0.952 bits per heavy atom. The van der Waals surface area contributed by atoms with Crippen molar-refractivity contribution in [2.24, 2.45) is 7.05 Å². The zero-order chi connectivity index (χ0) is 44.1. The van der Waals surface area contributed by atoms with Gasteiger partial charge in [-0.25, -0.2) is 18.0 Å². The molecule has 2 aliphatic heterocycles. The van der Waals surface area contributed by atoms with E-state index in [0.717, 1.165) is 78.1 Å². The second-order valence-corrected chi connectivity index (χ2v) is 17.1. The van der Waals surface area contributed by atoms with Gasteiger partial charge in [-0.2, -0.15) is 13.2 Å². The minimum Gasteiger partial charge on any atom is -0.741 e. The molecule has 5 heterocycles. The number of rotatable bonds is 4. The lowest BCUT2D eigenvalue weighted by Crippen LogP contribution is -2.21. The average molecular weight is 849 g/mol. The van der Waals surface area contributed by atoms with Crippen LogP contribution in [0.25, 0.3) is 78.7 Å². The van der Waals surface area contributed by atoms with E-state index in [0.29, 0.717) is 0 Å². The summed E-state index contributed by atoms with van der Waals surface area (Å²) in [7, 11) is -1.73. The largest absolute Gasteiger partial charge is 0.741 e. The van der Waals surface area contributed by atoms with Crippen molar-refractivity contribution in [3.8, 4) is 44.5 Å². The Bertz CT molecular complexity index is 3220. The topological polar surface area (TPSA) is 93.8 Å². The van der Waals surface area contributed by atoms with Crippen LogP contribution in [0.3, 0.4) is 0 Å². The third kappa shape index (κ3) is 8.16. The van der Waals surface area contributed by atoms with Gasteiger partial charge in [-0.3, -0.25) is 0 Å². The van der Waals surface area contributed by atoms with Gasteiger partial charge >= 0.3 is 5.51 Å². The summed E-state index contributed by atoms with van der Waals surface area (Å²) in [4.78, 5) is 9.38. The molecule has 3 aromatic heterocycles. The van der Waals surface area contributed by atoms with Gasteiger partial charge < -0.3 is 14.1 Å². The van der Waals surface area contributed by atoms with Gasteiger partial charge in [0.15, 0.2) is 16.3 Å². The third-order valence-electron chi connectivity index (χ3n) is 11.2. The first-order valence-electron chi connectivity index (χ1n) is 19.9. The number of aromatic amines is 1.